The second kappa shape index (κ2) is 6.52. The zero-order chi connectivity index (χ0) is 15.3. The third kappa shape index (κ3) is 4.06. The number of carbonyl (C=O) groups excluding carboxylic acids is 1. The number of benzene rings is 1. The Kier molecular flexibility index (Phi) is 5.27. The van der Waals surface area contributed by atoms with E-state index in [-0.39, 0.29) is 12.5 Å². The number of aliphatic carboxylic acids is 1. The first-order valence-corrected chi connectivity index (χ1v) is 6.47. The highest BCUT2D eigenvalue weighted by Gasteiger charge is 2.33. The van der Waals surface area contributed by atoms with Crippen molar-refractivity contribution in [1.29, 1.82) is 0 Å². The van der Waals surface area contributed by atoms with Crippen molar-refractivity contribution in [2.45, 2.75) is 25.9 Å². The van der Waals surface area contributed by atoms with Crippen LogP contribution in [-0.2, 0) is 16.1 Å². The topological polar surface area (TPSA) is 60.9 Å². The van der Waals surface area contributed by atoms with E-state index in [2.05, 4.69) is 0 Å². The lowest BCUT2D eigenvalue weighted by atomic mass is 10.0. The molecular formula is C15H22N2O3. The summed E-state index contributed by atoms with van der Waals surface area (Å²) in [5.74, 6) is -1.05. The Bertz CT molecular complexity index is 471. The van der Waals surface area contributed by atoms with Crippen molar-refractivity contribution >= 4 is 11.9 Å². The van der Waals surface area contributed by atoms with Gasteiger partial charge in [-0.25, -0.2) is 0 Å². The average molecular weight is 278 g/mol. The Morgan fingerprint density at radius 3 is 2.20 bits per heavy atom. The zero-order valence-corrected chi connectivity index (χ0v) is 12.5. The summed E-state index contributed by atoms with van der Waals surface area (Å²) in [5, 5.41) is 9.13. The van der Waals surface area contributed by atoms with E-state index in [0.717, 1.165) is 5.56 Å². The molecule has 0 aliphatic carbocycles. The van der Waals surface area contributed by atoms with E-state index in [4.69, 9.17) is 5.11 Å². The molecule has 0 atom stereocenters. The Balaban J connectivity index is 2.60. The Labute approximate surface area is 119 Å². The standard InChI is InChI=1S/C15H22N2O3/c1-15(2,14(19)20)17(4)11-13(18)16(3)10-12-8-6-5-7-9-12/h5-9H,10-11H2,1-4H3,(H,19,20). The molecule has 1 aromatic carbocycles. The number of carboxylic acid groups (broad SMARTS) is 1. The molecule has 0 aromatic heterocycles. The van der Waals surface area contributed by atoms with Crippen molar-refractivity contribution in [3.63, 3.8) is 0 Å². The van der Waals surface area contributed by atoms with Crippen LogP contribution in [0.25, 0.3) is 0 Å². The number of hydrogen-bond acceptors (Lipinski definition) is 3. The molecule has 0 saturated carbocycles. The molecule has 5 nitrogen and oxygen atoms in total. The highest BCUT2D eigenvalue weighted by atomic mass is 16.4. The summed E-state index contributed by atoms with van der Waals surface area (Å²) in [6, 6.07) is 9.68. The molecule has 1 rings (SSSR count). The molecule has 5 heteroatoms. The van der Waals surface area contributed by atoms with Gasteiger partial charge in [0.25, 0.3) is 0 Å². The van der Waals surface area contributed by atoms with Crippen LogP contribution in [-0.4, -0.2) is 53.0 Å². The number of hydrogen-bond donors (Lipinski definition) is 1. The second-order valence-electron chi connectivity index (χ2n) is 5.46. The third-order valence-corrected chi connectivity index (χ3v) is 3.54. The summed E-state index contributed by atoms with van der Waals surface area (Å²) in [5.41, 5.74) is -0.0213. The zero-order valence-electron chi connectivity index (χ0n) is 12.5. The van der Waals surface area contributed by atoms with Crippen LogP contribution in [0.2, 0.25) is 0 Å². The summed E-state index contributed by atoms with van der Waals surface area (Å²) < 4.78 is 0. The van der Waals surface area contributed by atoms with E-state index in [0.29, 0.717) is 6.54 Å². The molecule has 110 valence electrons. The lowest BCUT2D eigenvalue weighted by Gasteiger charge is -2.32. The van der Waals surface area contributed by atoms with Gasteiger partial charge in [0, 0.05) is 13.6 Å². The molecule has 0 saturated heterocycles. The predicted molar refractivity (Wildman–Crippen MR) is 77.3 cm³/mol. The summed E-state index contributed by atoms with van der Waals surface area (Å²) in [6.45, 7) is 3.75. The monoisotopic (exact) mass is 278 g/mol. The predicted octanol–water partition coefficient (Wildman–Crippen LogP) is 1.44. The minimum atomic E-state index is -1.07. The first kappa shape index (κ1) is 16.2. The van der Waals surface area contributed by atoms with Crippen LogP contribution >= 0.6 is 0 Å². The van der Waals surface area contributed by atoms with Gasteiger partial charge in [0.15, 0.2) is 0 Å². The van der Waals surface area contributed by atoms with Crippen molar-refractivity contribution in [2.24, 2.45) is 0 Å². The van der Waals surface area contributed by atoms with Gasteiger partial charge >= 0.3 is 5.97 Å². The van der Waals surface area contributed by atoms with E-state index >= 15 is 0 Å². The molecule has 0 spiro atoms. The molecule has 1 N–H and O–H groups in total. The smallest absolute Gasteiger partial charge is 0.323 e. The molecule has 20 heavy (non-hydrogen) atoms. The van der Waals surface area contributed by atoms with E-state index in [1.165, 1.54) is 0 Å². The summed E-state index contributed by atoms with van der Waals surface area (Å²) in [4.78, 5) is 26.4. The maximum Gasteiger partial charge on any atom is 0.323 e. The van der Waals surface area contributed by atoms with Crippen LogP contribution in [0.4, 0.5) is 0 Å². The van der Waals surface area contributed by atoms with Crippen LogP contribution in [0, 0.1) is 0 Å². The fourth-order valence-electron chi connectivity index (χ4n) is 1.63. The molecular weight excluding hydrogens is 256 g/mol. The van der Waals surface area contributed by atoms with Crippen molar-refractivity contribution in [3.8, 4) is 0 Å². The number of nitrogens with zero attached hydrogens (tertiary/aromatic N) is 2. The molecule has 1 amide bonds. The van der Waals surface area contributed by atoms with Gasteiger partial charge in [0.1, 0.15) is 5.54 Å². The van der Waals surface area contributed by atoms with Crippen molar-refractivity contribution in [2.75, 3.05) is 20.6 Å². The van der Waals surface area contributed by atoms with Gasteiger partial charge in [0.2, 0.25) is 5.91 Å². The van der Waals surface area contributed by atoms with E-state index in [9.17, 15) is 9.59 Å². The first-order valence-electron chi connectivity index (χ1n) is 6.47. The molecule has 1 aromatic rings. The van der Waals surface area contributed by atoms with Crippen molar-refractivity contribution in [1.82, 2.24) is 9.80 Å². The number of carboxylic acids is 1. The van der Waals surface area contributed by atoms with E-state index < -0.39 is 11.5 Å². The minimum absolute atomic E-state index is 0.0721. The largest absolute Gasteiger partial charge is 0.480 e. The van der Waals surface area contributed by atoms with Gasteiger partial charge in [-0.05, 0) is 26.5 Å². The lowest BCUT2D eigenvalue weighted by molar-refractivity contribution is -0.150. The third-order valence-electron chi connectivity index (χ3n) is 3.54. The van der Waals surface area contributed by atoms with Crippen LogP contribution < -0.4 is 0 Å². The highest BCUT2D eigenvalue weighted by Crippen LogP contribution is 2.12. The maximum atomic E-state index is 12.1. The molecule has 0 fully saturated rings. The number of carbonyl (C=O) groups is 2. The number of amides is 1. The molecule has 0 heterocycles. The normalized spacial score (nSPS) is 11.4. The summed E-state index contributed by atoms with van der Waals surface area (Å²) in [6.07, 6.45) is 0. The molecule has 0 unspecified atom stereocenters. The second-order valence-corrected chi connectivity index (χ2v) is 5.46. The highest BCUT2D eigenvalue weighted by molar-refractivity contribution is 5.81. The number of likely N-dealkylation sites (N-methyl/N-ethyl adjacent to an activating group) is 2. The molecule has 0 bridgehead atoms. The minimum Gasteiger partial charge on any atom is -0.480 e. The molecule has 0 aliphatic heterocycles. The van der Waals surface area contributed by atoms with Crippen LogP contribution in [0.5, 0.6) is 0 Å². The summed E-state index contributed by atoms with van der Waals surface area (Å²) >= 11 is 0. The maximum absolute atomic E-state index is 12.1. The first-order chi connectivity index (χ1) is 9.25. The fraction of sp³-hybridized carbons (Fsp3) is 0.467. The van der Waals surface area contributed by atoms with Gasteiger partial charge in [-0.2, -0.15) is 0 Å². The quantitative estimate of drug-likeness (QED) is 0.855. The van der Waals surface area contributed by atoms with Crippen molar-refractivity contribution in [3.05, 3.63) is 35.9 Å². The fourth-order valence-corrected chi connectivity index (χ4v) is 1.63. The Morgan fingerprint density at radius 1 is 1.15 bits per heavy atom. The van der Waals surface area contributed by atoms with Crippen LogP contribution in [0.1, 0.15) is 19.4 Å². The lowest BCUT2D eigenvalue weighted by Crippen LogP contribution is -2.51. The van der Waals surface area contributed by atoms with E-state index in [1.54, 1.807) is 37.7 Å². The van der Waals surface area contributed by atoms with Crippen LogP contribution in [0.15, 0.2) is 30.3 Å². The molecule has 0 aliphatic rings. The number of rotatable bonds is 6. The van der Waals surface area contributed by atoms with Gasteiger partial charge < -0.3 is 10.0 Å². The Hall–Kier alpha value is -1.88. The van der Waals surface area contributed by atoms with Crippen LogP contribution in [0.3, 0.4) is 0 Å². The molecule has 0 radical (unpaired) electrons. The van der Waals surface area contributed by atoms with Gasteiger partial charge in [-0.1, -0.05) is 30.3 Å². The van der Waals surface area contributed by atoms with Gasteiger partial charge in [-0.3, -0.25) is 14.5 Å². The van der Waals surface area contributed by atoms with Gasteiger partial charge in [0.05, 0.1) is 6.54 Å². The Morgan fingerprint density at radius 2 is 1.70 bits per heavy atom. The van der Waals surface area contributed by atoms with Crippen molar-refractivity contribution < 1.29 is 14.7 Å². The SMILES string of the molecule is CN(Cc1ccccc1)C(=O)CN(C)C(C)(C)C(=O)O. The average Bonchev–Trinajstić information content (AvgIpc) is 2.39. The summed E-state index contributed by atoms with van der Waals surface area (Å²) in [7, 11) is 3.36. The van der Waals surface area contributed by atoms with E-state index in [1.807, 2.05) is 30.3 Å². The van der Waals surface area contributed by atoms with Gasteiger partial charge in [-0.15, -0.1) is 0 Å².